The Labute approximate surface area is 188 Å². The van der Waals surface area contributed by atoms with E-state index in [-0.39, 0.29) is 11.6 Å². The van der Waals surface area contributed by atoms with Crippen LogP contribution in [0.25, 0.3) is 11.1 Å². The summed E-state index contributed by atoms with van der Waals surface area (Å²) in [5.41, 5.74) is 3.05. The highest BCUT2D eigenvalue weighted by Gasteiger charge is 2.48. The summed E-state index contributed by atoms with van der Waals surface area (Å²) in [6, 6.07) is 24.1. The Hall–Kier alpha value is -2.82. The summed E-state index contributed by atoms with van der Waals surface area (Å²) in [5.74, 6) is 0.730. The van der Waals surface area contributed by atoms with Gasteiger partial charge in [-0.15, -0.1) is 0 Å². The van der Waals surface area contributed by atoms with Gasteiger partial charge in [0.1, 0.15) is 5.82 Å². The molecule has 1 saturated heterocycles. The molecule has 1 heterocycles. The Morgan fingerprint density at radius 2 is 1.59 bits per heavy atom. The summed E-state index contributed by atoms with van der Waals surface area (Å²) in [5, 5.41) is 11.1. The van der Waals surface area contributed by atoms with E-state index in [0.717, 1.165) is 37.1 Å². The molecule has 3 aromatic carbocycles. The van der Waals surface area contributed by atoms with E-state index in [0.29, 0.717) is 30.4 Å². The molecule has 0 radical (unpaired) electrons. The molecule has 3 nitrogen and oxygen atoms in total. The maximum atomic E-state index is 13.2. The standard InChI is InChI=1S/C28H28FNO2/c29-26-11-9-21(10-12-26)22-7-4-8-23(13-22)27(31)19-30-17-24-15-28(32,16-25(24)18-30)14-20-5-2-1-3-6-20/h1-13,24-25,32H,14-19H2/t24-,25+,28+. The number of hydrogen-bond acceptors (Lipinski definition) is 3. The normalized spacial score (nSPS) is 25.1. The summed E-state index contributed by atoms with van der Waals surface area (Å²) >= 11 is 0. The minimum Gasteiger partial charge on any atom is -0.390 e. The summed E-state index contributed by atoms with van der Waals surface area (Å²) in [7, 11) is 0. The van der Waals surface area contributed by atoms with E-state index < -0.39 is 5.60 Å². The number of aliphatic hydroxyl groups is 1. The second kappa shape index (κ2) is 8.61. The molecular formula is C28H28FNO2. The van der Waals surface area contributed by atoms with Crippen LogP contribution in [0, 0.1) is 17.7 Å². The number of carbonyl (C=O) groups is 1. The van der Waals surface area contributed by atoms with Crippen molar-refractivity contribution in [2.75, 3.05) is 19.6 Å². The zero-order valence-corrected chi connectivity index (χ0v) is 18.1. The molecule has 0 spiro atoms. The van der Waals surface area contributed by atoms with Crippen LogP contribution in [0.15, 0.2) is 78.9 Å². The predicted molar refractivity (Wildman–Crippen MR) is 124 cm³/mol. The van der Waals surface area contributed by atoms with E-state index >= 15 is 0 Å². The van der Waals surface area contributed by atoms with Gasteiger partial charge in [0.05, 0.1) is 12.1 Å². The molecule has 0 bridgehead atoms. The molecule has 0 amide bonds. The van der Waals surface area contributed by atoms with Crippen molar-refractivity contribution in [1.82, 2.24) is 4.90 Å². The van der Waals surface area contributed by atoms with E-state index in [1.807, 2.05) is 42.5 Å². The lowest BCUT2D eigenvalue weighted by atomic mass is 9.91. The number of ketones is 1. The van der Waals surface area contributed by atoms with Crippen molar-refractivity contribution in [3.63, 3.8) is 0 Å². The molecule has 164 valence electrons. The number of carbonyl (C=O) groups excluding carboxylic acids is 1. The van der Waals surface area contributed by atoms with E-state index in [2.05, 4.69) is 17.0 Å². The van der Waals surface area contributed by atoms with Crippen LogP contribution in [0.4, 0.5) is 4.39 Å². The highest BCUT2D eigenvalue weighted by atomic mass is 19.1. The molecule has 0 aromatic heterocycles. The first-order valence-corrected chi connectivity index (χ1v) is 11.4. The summed E-state index contributed by atoms with van der Waals surface area (Å²) < 4.78 is 13.2. The third-order valence-corrected chi connectivity index (χ3v) is 7.04. The van der Waals surface area contributed by atoms with Crippen LogP contribution in [0.5, 0.6) is 0 Å². The lowest BCUT2D eigenvalue weighted by Crippen LogP contribution is -2.34. The van der Waals surface area contributed by atoms with Gasteiger partial charge in [0.25, 0.3) is 0 Å². The SMILES string of the molecule is O=C(CN1C[C@@H]2C[C@](O)(Cc3ccccc3)C[C@@H]2C1)c1cccc(-c2ccc(F)cc2)c1. The van der Waals surface area contributed by atoms with Gasteiger partial charge < -0.3 is 5.11 Å². The van der Waals surface area contributed by atoms with E-state index in [9.17, 15) is 14.3 Å². The van der Waals surface area contributed by atoms with Gasteiger partial charge in [-0.25, -0.2) is 4.39 Å². The van der Waals surface area contributed by atoms with Crippen LogP contribution >= 0.6 is 0 Å². The third kappa shape index (κ3) is 4.52. The van der Waals surface area contributed by atoms with Gasteiger partial charge in [0, 0.05) is 25.1 Å². The first-order chi connectivity index (χ1) is 15.5. The van der Waals surface area contributed by atoms with Crippen molar-refractivity contribution in [3.05, 3.63) is 95.8 Å². The van der Waals surface area contributed by atoms with Gasteiger partial charge in [-0.3, -0.25) is 9.69 Å². The highest BCUT2D eigenvalue weighted by molar-refractivity contribution is 5.98. The monoisotopic (exact) mass is 429 g/mol. The predicted octanol–water partition coefficient (Wildman–Crippen LogP) is 4.99. The van der Waals surface area contributed by atoms with E-state index in [1.54, 1.807) is 12.1 Å². The fourth-order valence-electron chi connectivity index (χ4n) is 5.62. The van der Waals surface area contributed by atoms with Crippen LogP contribution in [0.3, 0.4) is 0 Å². The lowest BCUT2D eigenvalue weighted by molar-refractivity contribution is 0.0355. The Morgan fingerprint density at radius 3 is 2.28 bits per heavy atom. The van der Waals surface area contributed by atoms with Crippen LogP contribution in [-0.4, -0.2) is 41.0 Å². The smallest absolute Gasteiger partial charge is 0.176 e. The molecule has 3 aromatic rings. The summed E-state index contributed by atoms with van der Waals surface area (Å²) in [6.45, 7) is 2.13. The molecule has 32 heavy (non-hydrogen) atoms. The van der Waals surface area contributed by atoms with Crippen molar-refractivity contribution in [3.8, 4) is 11.1 Å². The van der Waals surface area contributed by atoms with Crippen molar-refractivity contribution >= 4 is 5.78 Å². The summed E-state index contributed by atoms with van der Waals surface area (Å²) in [6.07, 6.45) is 2.31. The fraction of sp³-hybridized carbons (Fsp3) is 0.321. The van der Waals surface area contributed by atoms with Gasteiger partial charge in [-0.1, -0.05) is 60.7 Å². The van der Waals surface area contributed by atoms with E-state index in [1.165, 1.54) is 17.7 Å². The van der Waals surface area contributed by atoms with Gasteiger partial charge in [0.2, 0.25) is 0 Å². The number of rotatable bonds is 6. The quantitative estimate of drug-likeness (QED) is 0.561. The van der Waals surface area contributed by atoms with Gasteiger partial charge in [-0.2, -0.15) is 0 Å². The molecule has 1 aliphatic heterocycles. The lowest BCUT2D eigenvalue weighted by Gasteiger charge is -2.26. The number of likely N-dealkylation sites (tertiary alicyclic amines) is 1. The van der Waals surface area contributed by atoms with Crippen LogP contribution < -0.4 is 0 Å². The van der Waals surface area contributed by atoms with Gasteiger partial charge in [0.15, 0.2) is 5.78 Å². The highest BCUT2D eigenvalue weighted by Crippen LogP contribution is 2.45. The number of halogens is 1. The number of fused-ring (bicyclic) bond motifs is 1. The maximum Gasteiger partial charge on any atom is 0.176 e. The average Bonchev–Trinajstić information content (AvgIpc) is 3.28. The summed E-state index contributed by atoms with van der Waals surface area (Å²) in [4.78, 5) is 15.2. The minimum absolute atomic E-state index is 0.105. The Balaban J connectivity index is 1.20. The van der Waals surface area contributed by atoms with Crippen LogP contribution in [0.1, 0.15) is 28.8 Å². The van der Waals surface area contributed by atoms with Gasteiger partial charge >= 0.3 is 0 Å². The minimum atomic E-state index is -0.629. The molecule has 1 saturated carbocycles. The molecule has 1 N–H and O–H groups in total. The molecule has 1 aliphatic carbocycles. The molecule has 5 rings (SSSR count). The number of Topliss-reactive ketones (excluding diaryl/α,β-unsaturated/α-hetero) is 1. The number of nitrogens with zero attached hydrogens (tertiary/aromatic N) is 1. The molecule has 2 aliphatic rings. The zero-order valence-electron chi connectivity index (χ0n) is 18.1. The molecule has 4 heteroatoms. The van der Waals surface area contributed by atoms with Crippen LogP contribution in [0.2, 0.25) is 0 Å². The maximum absolute atomic E-state index is 13.2. The largest absolute Gasteiger partial charge is 0.390 e. The second-order valence-electron chi connectivity index (χ2n) is 9.52. The molecule has 0 unspecified atom stereocenters. The fourth-order valence-corrected chi connectivity index (χ4v) is 5.62. The first-order valence-electron chi connectivity index (χ1n) is 11.4. The van der Waals surface area contributed by atoms with Crippen molar-refractivity contribution in [2.45, 2.75) is 24.9 Å². The molecular weight excluding hydrogens is 401 g/mol. The Morgan fingerprint density at radius 1 is 0.906 bits per heavy atom. The van der Waals surface area contributed by atoms with Crippen LogP contribution in [-0.2, 0) is 6.42 Å². The van der Waals surface area contributed by atoms with Gasteiger partial charge in [-0.05, 0) is 59.6 Å². The third-order valence-electron chi connectivity index (χ3n) is 7.04. The molecule has 2 fully saturated rings. The topological polar surface area (TPSA) is 40.5 Å². The van der Waals surface area contributed by atoms with Crippen molar-refractivity contribution < 1.29 is 14.3 Å². The van der Waals surface area contributed by atoms with Crippen molar-refractivity contribution in [2.24, 2.45) is 11.8 Å². The Bertz CT molecular complexity index is 1080. The average molecular weight is 430 g/mol. The second-order valence-corrected chi connectivity index (χ2v) is 9.52. The number of hydrogen-bond donors (Lipinski definition) is 1. The number of benzene rings is 3. The van der Waals surface area contributed by atoms with Crippen molar-refractivity contribution in [1.29, 1.82) is 0 Å². The molecule has 3 atom stereocenters. The first kappa shape index (κ1) is 21.0. The van der Waals surface area contributed by atoms with E-state index in [4.69, 9.17) is 0 Å². The zero-order chi connectivity index (χ0) is 22.1. The Kier molecular flexibility index (Phi) is 5.66.